The molecule has 0 N–H and O–H groups in total. The van der Waals surface area contributed by atoms with Gasteiger partial charge in [-0.15, -0.1) is 5.10 Å². The molecule has 0 unspecified atom stereocenters. The van der Waals surface area contributed by atoms with Gasteiger partial charge in [-0.3, -0.25) is 4.90 Å². The lowest BCUT2D eigenvalue weighted by atomic mass is 10.2. The number of rotatable bonds is 5. The Morgan fingerprint density at radius 1 is 0.933 bits per heavy atom. The van der Waals surface area contributed by atoms with Crippen molar-refractivity contribution >= 4 is 28.7 Å². The molecule has 7 nitrogen and oxygen atoms in total. The van der Waals surface area contributed by atoms with Gasteiger partial charge in [0.2, 0.25) is 0 Å². The lowest BCUT2D eigenvalue weighted by molar-refractivity contribution is 0.0472. The van der Waals surface area contributed by atoms with E-state index in [1.165, 1.54) is 4.68 Å². The van der Waals surface area contributed by atoms with Gasteiger partial charge in [0.05, 0.1) is 11.1 Å². The van der Waals surface area contributed by atoms with Gasteiger partial charge in [0.1, 0.15) is 12.1 Å². The van der Waals surface area contributed by atoms with E-state index in [1.54, 1.807) is 41.3 Å². The number of anilines is 1. The van der Waals surface area contributed by atoms with Crippen LogP contribution in [0.4, 0.5) is 10.5 Å². The van der Waals surface area contributed by atoms with Crippen molar-refractivity contribution in [2.45, 2.75) is 13.5 Å². The van der Waals surface area contributed by atoms with Crippen molar-refractivity contribution in [3.05, 3.63) is 90.0 Å². The molecule has 0 bridgehead atoms. The van der Waals surface area contributed by atoms with Crippen molar-refractivity contribution in [2.75, 3.05) is 11.4 Å². The van der Waals surface area contributed by atoms with E-state index >= 15 is 0 Å². The highest BCUT2D eigenvalue weighted by atomic mass is 16.5. The predicted octanol–water partition coefficient (Wildman–Crippen LogP) is 4.28. The average molecular weight is 400 g/mol. The molecule has 3 aromatic carbocycles. The van der Waals surface area contributed by atoms with Crippen LogP contribution in [0.2, 0.25) is 0 Å². The molecule has 4 rings (SSSR count). The van der Waals surface area contributed by atoms with Gasteiger partial charge in [-0.1, -0.05) is 47.7 Å². The summed E-state index contributed by atoms with van der Waals surface area (Å²) < 4.78 is 6.63. The van der Waals surface area contributed by atoms with Crippen LogP contribution in [0.1, 0.15) is 22.8 Å². The molecular weight excluding hydrogens is 380 g/mol. The lowest BCUT2D eigenvalue weighted by Crippen LogP contribution is -2.35. The number of para-hydroxylation sites is 1. The Hall–Kier alpha value is -4.00. The minimum absolute atomic E-state index is 0.209. The number of carbonyl (C=O) groups excluding carboxylic acids is 2. The van der Waals surface area contributed by atoms with Gasteiger partial charge < -0.3 is 4.74 Å². The summed E-state index contributed by atoms with van der Waals surface area (Å²) in [5, 5.41) is 8.03. The fraction of sp³-hybridized carbons (Fsp3) is 0.130. The predicted molar refractivity (Wildman–Crippen MR) is 113 cm³/mol. The molecule has 0 aliphatic rings. The molecule has 0 radical (unpaired) electrons. The number of amides is 1. The van der Waals surface area contributed by atoms with Gasteiger partial charge in [0, 0.05) is 12.2 Å². The zero-order valence-electron chi connectivity index (χ0n) is 16.4. The number of fused-ring (bicyclic) bond motifs is 1. The molecule has 0 saturated heterocycles. The van der Waals surface area contributed by atoms with Gasteiger partial charge >= 0.3 is 12.0 Å². The summed E-state index contributed by atoms with van der Waals surface area (Å²) in [5.41, 5.74) is 3.29. The van der Waals surface area contributed by atoms with E-state index in [0.717, 1.165) is 5.56 Å². The third kappa shape index (κ3) is 3.91. The lowest BCUT2D eigenvalue weighted by Gasteiger charge is -2.20. The van der Waals surface area contributed by atoms with Gasteiger partial charge in [-0.05, 0) is 48.9 Å². The van der Waals surface area contributed by atoms with Crippen LogP contribution in [0.5, 0.6) is 0 Å². The number of ether oxygens (including phenoxy) is 1. The molecule has 0 spiro atoms. The van der Waals surface area contributed by atoms with Crippen molar-refractivity contribution in [1.82, 2.24) is 15.0 Å². The molecule has 4 aromatic rings. The molecule has 0 saturated carbocycles. The van der Waals surface area contributed by atoms with Crippen molar-refractivity contribution in [3.8, 4) is 0 Å². The van der Waals surface area contributed by atoms with Crippen molar-refractivity contribution in [1.29, 1.82) is 0 Å². The monoisotopic (exact) mass is 400 g/mol. The van der Waals surface area contributed by atoms with Crippen LogP contribution in [0.15, 0.2) is 78.9 Å². The minimum atomic E-state index is -0.415. The second kappa shape index (κ2) is 8.57. The Labute approximate surface area is 173 Å². The molecule has 0 fully saturated rings. The van der Waals surface area contributed by atoms with Gasteiger partial charge in [-0.25, -0.2) is 9.59 Å². The maximum Gasteiger partial charge on any atom is 0.351 e. The zero-order chi connectivity index (χ0) is 20.9. The average Bonchev–Trinajstić information content (AvgIpc) is 3.23. The SMILES string of the molecule is CCN(C(=O)n1nnc2ccccc21)c1ccc(C(=O)OCc2ccccc2)cc1. The molecule has 1 amide bonds. The largest absolute Gasteiger partial charge is 0.457 e. The van der Waals surface area contributed by atoms with Crippen LogP contribution in [0.25, 0.3) is 11.0 Å². The highest BCUT2D eigenvalue weighted by molar-refractivity contribution is 5.98. The summed E-state index contributed by atoms with van der Waals surface area (Å²) in [4.78, 5) is 26.9. The first-order valence-electron chi connectivity index (χ1n) is 9.61. The third-order valence-electron chi connectivity index (χ3n) is 4.71. The molecule has 0 aliphatic heterocycles. The van der Waals surface area contributed by atoms with E-state index in [0.29, 0.717) is 28.8 Å². The second-order valence-electron chi connectivity index (χ2n) is 6.63. The maximum atomic E-state index is 13.0. The molecule has 1 heterocycles. The first kappa shape index (κ1) is 19.3. The normalized spacial score (nSPS) is 10.7. The van der Waals surface area contributed by atoms with Crippen LogP contribution >= 0.6 is 0 Å². The molecule has 0 aliphatic carbocycles. The Morgan fingerprint density at radius 2 is 1.63 bits per heavy atom. The Kier molecular flexibility index (Phi) is 5.52. The van der Waals surface area contributed by atoms with Crippen LogP contribution in [0.3, 0.4) is 0 Å². The standard InChI is InChI=1S/C23H20N4O3/c1-2-26(23(29)27-21-11-7-6-10-20(21)24-25-27)19-14-12-18(13-15-19)22(28)30-16-17-8-4-3-5-9-17/h3-15H,2,16H2,1H3. The number of hydrogen-bond donors (Lipinski definition) is 0. The fourth-order valence-corrected chi connectivity index (χ4v) is 3.14. The molecule has 0 atom stereocenters. The van der Waals surface area contributed by atoms with E-state index in [9.17, 15) is 9.59 Å². The van der Waals surface area contributed by atoms with Crippen molar-refractivity contribution in [2.24, 2.45) is 0 Å². The zero-order valence-corrected chi connectivity index (χ0v) is 16.4. The minimum Gasteiger partial charge on any atom is -0.457 e. The van der Waals surface area contributed by atoms with Crippen LogP contribution in [0, 0.1) is 0 Å². The topological polar surface area (TPSA) is 77.3 Å². The molecule has 30 heavy (non-hydrogen) atoms. The Balaban J connectivity index is 1.49. The quantitative estimate of drug-likeness (QED) is 0.467. The fourth-order valence-electron chi connectivity index (χ4n) is 3.14. The van der Waals surface area contributed by atoms with Crippen molar-refractivity contribution < 1.29 is 14.3 Å². The summed E-state index contributed by atoms with van der Waals surface area (Å²) in [6.07, 6.45) is 0. The summed E-state index contributed by atoms with van der Waals surface area (Å²) in [7, 11) is 0. The van der Waals surface area contributed by atoms with Gasteiger partial charge in [0.25, 0.3) is 0 Å². The molecule has 7 heteroatoms. The second-order valence-corrected chi connectivity index (χ2v) is 6.63. The summed E-state index contributed by atoms with van der Waals surface area (Å²) in [6, 6.07) is 23.2. The third-order valence-corrected chi connectivity index (χ3v) is 4.71. The number of aromatic nitrogens is 3. The Morgan fingerprint density at radius 3 is 2.37 bits per heavy atom. The van der Waals surface area contributed by atoms with E-state index in [2.05, 4.69) is 10.3 Å². The molecule has 150 valence electrons. The van der Waals surface area contributed by atoms with Gasteiger partial charge in [-0.2, -0.15) is 4.68 Å². The van der Waals surface area contributed by atoms with Crippen LogP contribution in [-0.4, -0.2) is 33.5 Å². The highest BCUT2D eigenvalue weighted by Crippen LogP contribution is 2.19. The summed E-state index contributed by atoms with van der Waals surface area (Å²) in [6.45, 7) is 2.52. The highest BCUT2D eigenvalue weighted by Gasteiger charge is 2.20. The summed E-state index contributed by atoms with van der Waals surface area (Å²) >= 11 is 0. The van der Waals surface area contributed by atoms with Crippen LogP contribution < -0.4 is 4.90 Å². The van der Waals surface area contributed by atoms with Crippen LogP contribution in [-0.2, 0) is 11.3 Å². The number of carbonyl (C=O) groups is 2. The smallest absolute Gasteiger partial charge is 0.351 e. The van der Waals surface area contributed by atoms with E-state index in [4.69, 9.17) is 4.74 Å². The number of benzene rings is 3. The van der Waals surface area contributed by atoms with E-state index in [-0.39, 0.29) is 12.6 Å². The summed E-state index contributed by atoms with van der Waals surface area (Å²) in [5.74, 6) is -0.415. The van der Waals surface area contributed by atoms with E-state index in [1.807, 2.05) is 49.4 Å². The molecular formula is C23H20N4O3. The first-order chi connectivity index (χ1) is 14.7. The van der Waals surface area contributed by atoms with Crippen molar-refractivity contribution in [3.63, 3.8) is 0 Å². The first-order valence-corrected chi connectivity index (χ1v) is 9.61. The van der Waals surface area contributed by atoms with Gasteiger partial charge in [0.15, 0.2) is 0 Å². The number of esters is 1. The Bertz CT molecular complexity index is 1170. The number of hydrogen-bond acceptors (Lipinski definition) is 5. The van der Waals surface area contributed by atoms with E-state index < -0.39 is 5.97 Å². The number of nitrogens with zero attached hydrogens (tertiary/aromatic N) is 4. The molecule has 1 aromatic heterocycles. The maximum absolute atomic E-state index is 13.0.